The first kappa shape index (κ1) is 20.4. The molecule has 150 valence electrons. The molecule has 0 saturated carbocycles. The maximum atomic E-state index is 13.2. The summed E-state index contributed by atoms with van der Waals surface area (Å²) in [4.78, 5) is 14.9. The Bertz CT molecular complexity index is 894. The number of carbonyl (C=O) groups is 1. The molecule has 1 aliphatic heterocycles. The van der Waals surface area contributed by atoms with Crippen molar-refractivity contribution in [2.75, 3.05) is 11.5 Å². The van der Waals surface area contributed by atoms with Gasteiger partial charge in [0.15, 0.2) is 15.9 Å². The summed E-state index contributed by atoms with van der Waals surface area (Å²) >= 11 is 0. The van der Waals surface area contributed by atoms with E-state index in [1.807, 2.05) is 54.6 Å². The fourth-order valence-corrected chi connectivity index (χ4v) is 5.21. The number of aryl methyl sites for hydroxylation is 1. The molecule has 0 bridgehead atoms. The van der Waals surface area contributed by atoms with Crippen LogP contribution in [0.2, 0.25) is 0 Å². The molecule has 1 aliphatic rings. The lowest BCUT2D eigenvalue weighted by molar-refractivity contribution is -0.140. The molecular weight excluding hydrogens is 374 g/mol. The van der Waals surface area contributed by atoms with Gasteiger partial charge >= 0.3 is 0 Å². The average Bonchev–Trinajstić information content (AvgIpc) is 3.06. The Balaban J connectivity index is 1.76. The fraction of sp³-hybridized carbons (Fsp3) is 0.409. The van der Waals surface area contributed by atoms with Crippen LogP contribution in [0.25, 0.3) is 0 Å². The summed E-state index contributed by atoms with van der Waals surface area (Å²) in [7, 11) is -3.09. The number of sulfone groups is 1. The highest BCUT2D eigenvalue weighted by Crippen LogP contribution is 2.22. The number of amides is 1. The first-order chi connectivity index (χ1) is 13.4. The third-order valence-corrected chi connectivity index (χ3v) is 6.87. The maximum Gasteiger partial charge on any atom is 0.263 e. The van der Waals surface area contributed by atoms with Gasteiger partial charge in [-0.15, -0.1) is 0 Å². The van der Waals surface area contributed by atoms with Crippen molar-refractivity contribution in [2.45, 2.75) is 45.4 Å². The Hall–Kier alpha value is -2.34. The number of carbonyl (C=O) groups excluding carboxylic acids is 1. The number of nitrogens with zero attached hydrogens (tertiary/aromatic N) is 1. The van der Waals surface area contributed by atoms with Gasteiger partial charge in [-0.2, -0.15) is 0 Å². The number of benzene rings is 2. The summed E-state index contributed by atoms with van der Waals surface area (Å²) in [5, 5.41) is 0. The van der Waals surface area contributed by atoms with Crippen molar-refractivity contribution in [3.8, 4) is 5.75 Å². The van der Waals surface area contributed by atoms with E-state index in [0.29, 0.717) is 18.7 Å². The average molecular weight is 402 g/mol. The van der Waals surface area contributed by atoms with E-state index in [1.54, 1.807) is 11.8 Å². The summed E-state index contributed by atoms with van der Waals surface area (Å²) in [5.74, 6) is 0.593. The molecule has 2 aromatic rings. The highest BCUT2D eigenvalue weighted by molar-refractivity contribution is 7.91. The monoisotopic (exact) mass is 401 g/mol. The number of ether oxygens (including phenoxy) is 1. The largest absolute Gasteiger partial charge is 0.481 e. The molecule has 2 aromatic carbocycles. The molecule has 1 fully saturated rings. The van der Waals surface area contributed by atoms with Gasteiger partial charge in [-0.1, -0.05) is 49.4 Å². The Morgan fingerprint density at radius 3 is 2.36 bits per heavy atom. The summed E-state index contributed by atoms with van der Waals surface area (Å²) in [5.41, 5.74) is 2.17. The van der Waals surface area contributed by atoms with Crippen molar-refractivity contribution >= 4 is 15.7 Å². The van der Waals surface area contributed by atoms with E-state index in [-0.39, 0.29) is 23.5 Å². The van der Waals surface area contributed by atoms with E-state index in [1.165, 1.54) is 5.56 Å². The first-order valence-electron chi connectivity index (χ1n) is 9.68. The van der Waals surface area contributed by atoms with Gasteiger partial charge in [-0.05, 0) is 43.0 Å². The third kappa shape index (κ3) is 5.13. The van der Waals surface area contributed by atoms with E-state index < -0.39 is 15.9 Å². The summed E-state index contributed by atoms with van der Waals surface area (Å²) < 4.78 is 29.8. The molecule has 3 rings (SSSR count). The van der Waals surface area contributed by atoms with Gasteiger partial charge in [0.05, 0.1) is 11.5 Å². The smallest absolute Gasteiger partial charge is 0.263 e. The molecule has 0 spiro atoms. The molecule has 0 aliphatic carbocycles. The van der Waals surface area contributed by atoms with E-state index >= 15 is 0 Å². The van der Waals surface area contributed by atoms with Crippen LogP contribution in [0.1, 0.15) is 31.4 Å². The molecule has 0 aromatic heterocycles. The van der Waals surface area contributed by atoms with Crippen LogP contribution in [0.15, 0.2) is 54.6 Å². The number of hydrogen-bond donors (Lipinski definition) is 0. The zero-order valence-corrected chi connectivity index (χ0v) is 17.2. The second-order valence-electron chi connectivity index (χ2n) is 7.27. The minimum atomic E-state index is -3.09. The van der Waals surface area contributed by atoms with Crippen molar-refractivity contribution in [3.05, 3.63) is 65.7 Å². The molecule has 5 nitrogen and oxygen atoms in total. The lowest BCUT2D eigenvalue weighted by atomic mass is 10.1. The first-order valence-corrected chi connectivity index (χ1v) is 11.5. The Kier molecular flexibility index (Phi) is 6.39. The van der Waals surface area contributed by atoms with Crippen LogP contribution in [-0.2, 0) is 27.6 Å². The number of hydrogen-bond acceptors (Lipinski definition) is 4. The van der Waals surface area contributed by atoms with Gasteiger partial charge < -0.3 is 9.64 Å². The summed E-state index contributed by atoms with van der Waals surface area (Å²) in [6.45, 7) is 4.18. The standard InChI is InChI=1S/C22H27NO4S/c1-3-18-9-11-21(12-10-18)27-17(2)22(24)23(15-19-7-5-4-6-8-19)20-13-14-28(25,26)16-20/h4-12,17,20H,3,13-16H2,1-2H3/t17-,20-/m1/s1. The lowest BCUT2D eigenvalue weighted by Crippen LogP contribution is -2.46. The van der Waals surface area contributed by atoms with E-state index in [9.17, 15) is 13.2 Å². The van der Waals surface area contributed by atoms with E-state index in [4.69, 9.17) is 4.74 Å². The molecule has 1 saturated heterocycles. The van der Waals surface area contributed by atoms with Crippen LogP contribution < -0.4 is 4.74 Å². The Morgan fingerprint density at radius 1 is 1.11 bits per heavy atom. The predicted octanol–water partition coefficient (Wildman–Crippen LogP) is 3.23. The van der Waals surface area contributed by atoms with Gasteiger partial charge in [-0.3, -0.25) is 4.79 Å². The van der Waals surface area contributed by atoms with Crippen molar-refractivity contribution in [1.29, 1.82) is 0 Å². The van der Waals surface area contributed by atoms with Crippen LogP contribution >= 0.6 is 0 Å². The molecule has 2 atom stereocenters. The second kappa shape index (κ2) is 8.78. The van der Waals surface area contributed by atoms with Crippen LogP contribution in [0.4, 0.5) is 0 Å². The van der Waals surface area contributed by atoms with Gasteiger partial charge in [0.2, 0.25) is 0 Å². The van der Waals surface area contributed by atoms with E-state index in [0.717, 1.165) is 12.0 Å². The highest BCUT2D eigenvalue weighted by atomic mass is 32.2. The lowest BCUT2D eigenvalue weighted by Gasteiger charge is -2.31. The zero-order valence-electron chi connectivity index (χ0n) is 16.4. The maximum absolute atomic E-state index is 13.2. The quantitative estimate of drug-likeness (QED) is 0.715. The van der Waals surface area contributed by atoms with E-state index in [2.05, 4.69) is 6.92 Å². The van der Waals surface area contributed by atoms with Crippen molar-refractivity contribution in [1.82, 2.24) is 4.90 Å². The van der Waals surface area contributed by atoms with Crippen LogP contribution in [0.3, 0.4) is 0 Å². The Morgan fingerprint density at radius 2 is 1.79 bits per heavy atom. The molecule has 0 unspecified atom stereocenters. The van der Waals surface area contributed by atoms with Gasteiger partial charge in [0, 0.05) is 12.6 Å². The number of rotatable bonds is 7. The molecule has 0 N–H and O–H groups in total. The van der Waals surface area contributed by atoms with Crippen LogP contribution in [-0.4, -0.2) is 42.9 Å². The van der Waals surface area contributed by atoms with Crippen molar-refractivity contribution < 1.29 is 17.9 Å². The van der Waals surface area contributed by atoms with Crippen molar-refractivity contribution in [2.24, 2.45) is 0 Å². The second-order valence-corrected chi connectivity index (χ2v) is 9.49. The topological polar surface area (TPSA) is 63.7 Å². The summed E-state index contributed by atoms with van der Waals surface area (Å²) in [6, 6.07) is 17.0. The molecule has 28 heavy (non-hydrogen) atoms. The highest BCUT2D eigenvalue weighted by Gasteiger charge is 2.36. The van der Waals surface area contributed by atoms with Gasteiger partial charge in [-0.25, -0.2) is 8.42 Å². The van der Waals surface area contributed by atoms with Crippen LogP contribution in [0.5, 0.6) is 5.75 Å². The predicted molar refractivity (Wildman–Crippen MR) is 110 cm³/mol. The molecular formula is C22H27NO4S. The Labute approximate surface area is 167 Å². The molecule has 0 radical (unpaired) electrons. The summed E-state index contributed by atoms with van der Waals surface area (Å²) in [6.07, 6.45) is 0.716. The van der Waals surface area contributed by atoms with Crippen molar-refractivity contribution in [3.63, 3.8) is 0 Å². The third-order valence-electron chi connectivity index (χ3n) is 5.12. The molecule has 6 heteroatoms. The van der Waals surface area contributed by atoms with Gasteiger partial charge in [0.25, 0.3) is 5.91 Å². The minimum absolute atomic E-state index is 0.0174. The zero-order chi connectivity index (χ0) is 20.1. The fourth-order valence-electron chi connectivity index (χ4n) is 3.48. The molecule has 1 heterocycles. The normalized spacial score (nSPS) is 19.1. The minimum Gasteiger partial charge on any atom is -0.481 e. The molecule has 1 amide bonds. The van der Waals surface area contributed by atoms with Crippen LogP contribution in [0, 0.1) is 0 Å². The van der Waals surface area contributed by atoms with Gasteiger partial charge in [0.1, 0.15) is 5.75 Å². The SMILES string of the molecule is CCc1ccc(O[C@H](C)C(=O)N(Cc2ccccc2)[C@@H]2CCS(=O)(=O)C2)cc1.